The summed E-state index contributed by atoms with van der Waals surface area (Å²) >= 11 is 1.38. The van der Waals surface area contributed by atoms with Gasteiger partial charge in [-0.1, -0.05) is 48.2 Å². The second kappa shape index (κ2) is 12.3. The summed E-state index contributed by atoms with van der Waals surface area (Å²) < 4.78 is 5.35. The summed E-state index contributed by atoms with van der Waals surface area (Å²) in [5, 5.41) is 3.62. The first-order valence-corrected chi connectivity index (χ1v) is 12.6. The van der Waals surface area contributed by atoms with E-state index in [2.05, 4.69) is 49.4 Å². The summed E-state index contributed by atoms with van der Waals surface area (Å²) in [6.07, 6.45) is 3.66. The molecule has 0 bridgehead atoms. The number of thioether (sulfide) groups is 1. The number of aryl methyl sites for hydroxylation is 1. The SMILES string of the molecule is COc1cccc(N2CCN(c3ccnc(SCC(=O)NCCCc4ccccc4)n3)CC2)c1. The van der Waals surface area contributed by atoms with Gasteiger partial charge in [-0.15, -0.1) is 0 Å². The van der Waals surface area contributed by atoms with E-state index in [1.54, 1.807) is 13.3 Å². The third kappa shape index (κ3) is 6.87. The largest absolute Gasteiger partial charge is 0.497 e. The van der Waals surface area contributed by atoms with Gasteiger partial charge in [-0.3, -0.25) is 4.79 Å². The van der Waals surface area contributed by atoms with Crippen LogP contribution in [0.3, 0.4) is 0 Å². The number of aromatic nitrogens is 2. The van der Waals surface area contributed by atoms with Crippen LogP contribution in [0.25, 0.3) is 0 Å². The Labute approximate surface area is 205 Å². The number of carbonyl (C=O) groups is 1. The van der Waals surface area contributed by atoms with E-state index in [9.17, 15) is 4.79 Å². The van der Waals surface area contributed by atoms with E-state index in [0.29, 0.717) is 17.5 Å². The Hall–Kier alpha value is -3.26. The fourth-order valence-corrected chi connectivity index (χ4v) is 4.58. The maximum Gasteiger partial charge on any atom is 0.230 e. The summed E-state index contributed by atoms with van der Waals surface area (Å²) in [4.78, 5) is 25.9. The van der Waals surface area contributed by atoms with Crippen LogP contribution < -0.4 is 19.9 Å². The maximum absolute atomic E-state index is 12.2. The number of piperazine rings is 1. The van der Waals surface area contributed by atoms with Crippen molar-refractivity contribution < 1.29 is 9.53 Å². The first kappa shape index (κ1) is 23.9. The molecule has 1 aliphatic heterocycles. The van der Waals surface area contributed by atoms with Crippen LogP contribution in [0.1, 0.15) is 12.0 Å². The number of hydrogen-bond donors (Lipinski definition) is 1. The van der Waals surface area contributed by atoms with E-state index in [1.165, 1.54) is 23.0 Å². The summed E-state index contributed by atoms with van der Waals surface area (Å²) in [5.41, 5.74) is 2.47. The van der Waals surface area contributed by atoms with Crippen LogP contribution in [0.15, 0.2) is 72.0 Å². The topological polar surface area (TPSA) is 70.6 Å². The van der Waals surface area contributed by atoms with Crippen molar-refractivity contribution in [1.29, 1.82) is 0 Å². The van der Waals surface area contributed by atoms with Gasteiger partial charge in [-0.25, -0.2) is 9.97 Å². The summed E-state index contributed by atoms with van der Waals surface area (Å²) in [6.45, 7) is 4.24. The molecule has 0 saturated carbocycles. The van der Waals surface area contributed by atoms with Crippen molar-refractivity contribution in [3.63, 3.8) is 0 Å². The number of hydrogen-bond acceptors (Lipinski definition) is 7. The first-order valence-electron chi connectivity index (χ1n) is 11.6. The number of carbonyl (C=O) groups excluding carboxylic acids is 1. The molecule has 7 nitrogen and oxygen atoms in total. The zero-order valence-electron chi connectivity index (χ0n) is 19.5. The van der Waals surface area contributed by atoms with Crippen LogP contribution in [-0.4, -0.2) is 61.5 Å². The van der Waals surface area contributed by atoms with Crippen molar-refractivity contribution in [1.82, 2.24) is 15.3 Å². The molecule has 0 spiro atoms. The average molecular weight is 478 g/mol. The van der Waals surface area contributed by atoms with Crippen molar-refractivity contribution in [2.24, 2.45) is 0 Å². The molecule has 1 saturated heterocycles. The van der Waals surface area contributed by atoms with Crippen LogP contribution in [0.5, 0.6) is 5.75 Å². The number of rotatable bonds is 10. The molecule has 34 heavy (non-hydrogen) atoms. The predicted molar refractivity (Wildman–Crippen MR) is 138 cm³/mol. The third-order valence-electron chi connectivity index (χ3n) is 5.78. The van der Waals surface area contributed by atoms with Gasteiger partial charge in [-0.2, -0.15) is 0 Å². The molecule has 0 radical (unpaired) electrons. The fraction of sp³-hybridized carbons (Fsp3) is 0.346. The van der Waals surface area contributed by atoms with Crippen LogP contribution in [-0.2, 0) is 11.2 Å². The highest BCUT2D eigenvalue weighted by molar-refractivity contribution is 7.99. The van der Waals surface area contributed by atoms with Gasteiger partial charge in [0.1, 0.15) is 11.6 Å². The Bertz CT molecular complexity index is 1060. The fourth-order valence-electron chi connectivity index (χ4n) is 3.92. The highest BCUT2D eigenvalue weighted by Crippen LogP contribution is 2.24. The van der Waals surface area contributed by atoms with Gasteiger partial charge in [0.15, 0.2) is 5.16 Å². The molecule has 3 aromatic rings. The van der Waals surface area contributed by atoms with E-state index in [1.807, 2.05) is 36.4 Å². The minimum Gasteiger partial charge on any atom is -0.497 e. The lowest BCUT2D eigenvalue weighted by molar-refractivity contribution is -0.118. The van der Waals surface area contributed by atoms with E-state index in [4.69, 9.17) is 4.74 Å². The molecular formula is C26H31N5O2S. The Morgan fingerprint density at radius 3 is 2.62 bits per heavy atom. The number of benzene rings is 2. The minimum absolute atomic E-state index is 0.0129. The molecule has 8 heteroatoms. The zero-order chi connectivity index (χ0) is 23.6. The maximum atomic E-state index is 12.2. The van der Waals surface area contributed by atoms with Crippen LogP contribution in [0.4, 0.5) is 11.5 Å². The highest BCUT2D eigenvalue weighted by atomic mass is 32.2. The van der Waals surface area contributed by atoms with Gasteiger partial charge >= 0.3 is 0 Å². The van der Waals surface area contributed by atoms with Gasteiger partial charge in [-0.05, 0) is 36.6 Å². The molecule has 4 rings (SSSR count). The molecule has 1 aliphatic rings. The van der Waals surface area contributed by atoms with Crippen molar-refractivity contribution in [2.75, 3.05) is 55.4 Å². The van der Waals surface area contributed by atoms with Gasteiger partial charge < -0.3 is 19.9 Å². The minimum atomic E-state index is 0.0129. The van der Waals surface area contributed by atoms with Crippen molar-refractivity contribution in [3.8, 4) is 5.75 Å². The second-order valence-electron chi connectivity index (χ2n) is 8.10. The number of anilines is 2. The molecule has 0 atom stereocenters. The molecule has 1 N–H and O–H groups in total. The van der Waals surface area contributed by atoms with Crippen LogP contribution in [0.2, 0.25) is 0 Å². The van der Waals surface area contributed by atoms with E-state index < -0.39 is 0 Å². The third-order valence-corrected chi connectivity index (χ3v) is 6.64. The standard InChI is InChI=1S/C26H31N5O2S/c1-33-23-11-5-10-22(19-23)30-15-17-31(18-16-30)24-12-14-28-26(29-24)34-20-25(32)27-13-6-9-21-7-3-2-4-8-21/h2-5,7-8,10-12,14,19H,6,9,13,15-18,20H2,1H3,(H,27,32). The summed E-state index contributed by atoms with van der Waals surface area (Å²) in [7, 11) is 1.69. The Morgan fingerprint density at radius 1 is 1.03 bits per heavy atom. The normalized spacial score (nSPS) is 13.6. The molecule has 1 aromatic heterocycles. The van der Waals surface area contributed by atoms with Gasteiger partial charge in [0.2, 0.25) is 5.91 Å². The predicted octanol–water partition coefficient (Wildman–Crippen LogP) is 3.65. The van der Waals surface area contributed by atoms with Gasteiger partial charge in [0, 0.05) is 50.7 Å². The molecular weight excluding hydrogens is 446 g/mol. The lowest BCUT2D eigenvalue weighted by Gasteiger charge is -2.36. The lowest BCUT2D eigenvalue weighted by atomic mass is 10.1. The molecule has 0 unspecified atom stereocenters. The van der Waals surface area contributed by atoms with E-state index in [-0.39, 0.29) is 5.91 Å². The lowest BCUT2D eigenvalue weighted by Crippen LogP contribution is -2.46. The zero-order valence-corrected chi connectivity index (χ0v) is 20.3. The summed E-state index contributed by atoms with van der Waals surface area (Å²) in [5.74, 6) is 2.11. The van der Waals surface area contributed by atoms with E-state index >= 15 is 0 Å². The second-order valence-corrected chi connectivity index (χ2v) is 9.04. The molecule has 1 fully saturated rings. The number of nitrogens with zero attached hydrogens (tertiary/aromatic N) is 4. The Morgan fingerprint density at radius 2 is 1.82 bits per heavy atom. The highest BCUT2D eigenvalue weighted by Gasteiger charge is 2.19. The van der Waals surface area contributed by atoms with Crippen molar-refractivity contribution in [2.45, 2.75) is 18.0 Å². The number of amides is 1. The monoisotopic (exact) mass is 477 g/mol. The van der Waals surface area contributed by atoms with Gasteiger partial charge in [0.25, 0.3) is 0 Å². The quantitative estimate of drug-likeness (QED) is 0.272. The average Bonchev–Trinajstić information content (AvgIpc) is 2.91. The molecule has 2 heterocycles. The molecule has 0 aliphatic carbocycles. The van der Waals surface area contributed by atoms with E-state index in [0.717, 1.165) is 50.6 Å². The molecule has 178 valence electrons. The van der Waals surface area contributed by atoms with Gasteiger partial charge in [0.05, 0.1) is 12.9 Å². The summed E-state index contributed by atoms with van der Waals surface area (Å²) in [6, 6.07) is 20.4. The van der Waals surface area contributed by atoms with Crippen LogP contribution >= 0.6 is 11.8 Å². The first-order chi connectivity index (χ1) is 16.7. The number of nitrogens with one attached hydrogen (secondary N) is 1. The Kier molecular flexibility index (Phi) is 8.62. The van der Waals surface area contributed by atoms with Crippen molar-refractivity contribution in [3.05, 3.63) is 72.4 Å². The number of ether oxygens (including phenoxy) is 1. The smallest absolute Gasteiger partial charge is 0.230 e. The number of methoxy groups -OCH3 is 1. The molecule has 1 amide bonds. The van der Waals surface area contributed by atoms with Crippen molar-refractivity contribution >= 4 is 29.2 Å². The Balaban J connectivity index is 1.20. The molecule has 2 aromatic carbocycles. The van der Waals surface area contributed by atoms with Crippen LogP contribution in [0, 0.1) is 0 Å².